The van der Waals surface area contributed by atoms with E-state index in [9.17, 15) is 4.79 Å². The molecule has 4 nitrogen and oxygen atoms in total. The lowest BCUT2D eigenvalue weighted by molar-refractivity contribution is -0.116. The highest BCUT2D eigenvalue weighted by Crippen LogP contribution is 2.19. The molecule has 3 N–H and O–H groups in total. The molecule has 0 aliphatic carbocycles. The molecule has 0 aliphatic heterocycles. The van der Waals surface area contributed by atoms with E-state index < -0.39 is 0 Å². The van der Waals surface area contributed by atoms with Crippen molar-refractivity contribution in [2.75, 3.05) is 5.32 Å². The molecule has 0 aromatic heterocycles. The van der Waals surface area contributed by atoms with Gasteiger partial charge in [0.2, 0.25) is 5.91 Å². The molecular formula is C15H24N2O2. The summed E-state index contributed by atoms with van der Waals surface area (Å²) in [6.07, 6.45) is 2.25. The maximum Gasteiger partial charge on any atom is 0.225 e. The number of nitrogens with two attached hydrogens (primary N) is 1. The third-order valence-electron chi connectivity index (χ3n) is 3.00. The third kappa shape index (κ3) is 5.75. The number of hydrogen-bond acceptors (Lipinski definition) is 3. The van der Waals surface area contributed by atoms with Crippen molar-refractivity contribution >= 4 is 11.6 Å². The summed E-state index contributed by atoms with van der Waals surface area (Å²) in [5, 5.41) is 2.84. The molecule has 0 fully saturated rings. The van der Waals surface area contributed by atoms with Crippen LogP contribution >= 0.6 is 0 Å². The molecule has 2 unspecified atom stereocenters. The summed E-state index contributed by atoms with van der Waals surface area (Å²) in [6, 6.07) is 7.35. The van der Waals surface area contributed by atoms with Gasteiger partial charge in [-0.2, -0.15) is 0 Å². The summed E-state index contributed by atoms with van der Waals surface area (Å²) in [5.41, 5.74) is 6.50. The van der Waals surface area contributed by atoms with E-state index in [0.29, 0.717) is 6.42 Å². The number of anilines is 1. The van der Waals surface area contributed by atoms with Crippen LogP contribution in [0.25, 0.3) is 0 Å². The Hall–Kier alpha value is -1.55. The maximum absolute atomic E-state index is 11.7. The van der Waals surface area contributed by atoms with Crippen molar-refractivity contribution < 1.29 is 9.53 Å². The Kier molecular flexibility index (Phi) is 6.36. The van der Waals surface area contributed by atoms with E-state index in [1.54, 1.807) is 0 Å². The molecule has 0 saturated heterocycles. The maximum atomic E-state index is 11.7. The molecule has 0 aliphatic rings. The van der Waals surface area contributed by atoms with Crippen molar-refractivity contribution in [3.8, 4) is 5.75 Å². The highest BCUT2D eigenvalue weighted by atomic mass is 16.5. The second-order valence-corrected chi connectivity index (χ2v) is 4.79. The first-order valence-corrected chi connectivity index (χ1v) is 6.87. The first-order valence-electron chi connectivity index (χ1n) is 6.87. The van der Waals surface area contributed by atoms with E-state index >= 15 is 0 Å². The Morgan fingerprint density at radius 3 is 2.74 bits per heavy atom. The van der Waals surface area contributed by atoms with Crippen LogP contribution in [0.2, 0.25) is 0 Å². The van der Waals surface area contributed by atoms with Gasteiger partial charge in [-0.1, -0.05) is 19.9 Å². The molecule has 1 aromatic carbocycles. The second-order valence-electron chi connectivity index (χ2n) is 4.79. The van der Waals surface area contributed by atoms with Gasteiger partial charge < -0.3 is 15.8 Å². The number of carbonyl (C=O) groups is 1. The van der Waals surface area contributed by atoms with Crippen molar-refractivity contribution in [2.45, 2.75) is 52.2 Å². The normalized spacial score (nSPS) is 13.7. The molecule has 4 heteroatoms. The number of ether oxygens (including phenoxy) is 1. The average molecular weight is 264 g/mol. The Bertz CT molecular complexity index is 407. The molecule has 0 spiro atoms. The number of amides is 1. The summed E-state index contributed by atoms with van der Waals surface area (Å²) >= 11 is 0. The SMILES string of the molecule is CCC(N)CC(=O)Nc1cccc(OC(C)CC)c1. The van der Waals surface area contributed by atoms with Crippen LogP contribution in [-0.2, 0) is 4.79 Å². The van der Waals surface area contributed by atoms with E-state index in [-0.39, 0.29) is 18.1 Å². The Balaban J connectivity index is 2.59. The lowest BCUT2D eigenvalue weighted by Crippen LogP contribution is -2.26. The number of benzene rings is 1. The molecule has 0 saturated carbocycles. The molecular weight excluding hydrogens is 240 g/mol. The van der Waals surface area contributed by atoms with Crippen molar-refractivity contribution in [1.82, 2.24) is 0 Å². The molecule has 0 bridgehead atoms. The average Bonchev–Trinajstić information content (AvgIpc) is 2.38. The quantitative estimate of drug-likeness (QED) is 0.796. The minimum atomic E-state index is -0.0838. The Morgan fingerprint density at radius 2 is 2.11 bits per heavy atom. The van der Waals surface area contributed by atoms with Gasteiger partial charge in [-0.3, -0.25) is 4.79 Å². The molecule has 1 amide bonds. The third-order valence-corrected chi connectivity index (χ3v) is 3.00. The fraction of sp³-hybridized carbons (Fsp3) is 0.533. The lowest BCUT2D eigenvalue weighted by Gasteiger charge is -2.14. The highest BCUT2D eigenvalue weighted by molar-refractivity contribution is 5.91. The van der Waals surface area contributed by atoms with Crippen LogP contribution in [0.15, 0.2) is 24.3 Å². The van der Waals surface area contributed by atoms with Crippen LogP contribution < -0.4 is 15.8 Å². The van der Waals surface area contributed by atoms with Gasteiger partial charge in [-0.15, -0.1) is 0 Å². The summed E-state index contributed by atoms with van der Waals surface area (Å²) in [5.74, 6) is 0.710. The van der Waals surface area contributed by atoms with Gasteiger partial charge >= 0.3 is 0 Å². The van der Waals surface area contributed by atoms with Crippen LogP contribution in [0.4, 0.5) is 5.69 Å². The topological polar surface area (TPSA) is 64.4 Å². The highest BCUT2D eigenvalue weighted by Gasteiger charge is 2.08. The zero-order chi connectivity index (χ0) is 14.3. The smallest absolute Gasteiger partial charge is 0.225 e. The zero-order valence-corrected chi connectivity index (χ0v) is 12.0. The predicted molar refractivity (Wildman–Crippen MR) is 78.3 cm³/mol. The summed E-state index contributed by atoms with van der Waals surface area (Å²) in [7, 11) is 0. The first kappa shape index (κ1) is 15.5. The van der Waals surface area contributed by atoms with E-state index in [4.69, 9.17) is 10.5 Å². The van der Waals surface area contributed by atoms with Gasteiger partial charge in [0.25, 0.3) is 0 Å². The van der Waals surface area contributed by atoms with E-state index in [2.05, 4.69) is 12.2 Å². The molecule has 0 heterocycles. The van der Waals surface area contributed by atoms with Crippen molar-refractivity contribution in [1.29, 1.82) is 0 Å². The van der Waals surface area contributed by atoms with E-state index in [0.717, 1.165) is 24.3 Å². The van der Waals surface area contributed by atoms with Crippen LogP contribution in [0.1, 0.15) is 40.0 Å². The minimum absolute atomic E-state index is 0.0601. The first-order chi connectivity index (χ1) is 9.05. The lowest BCUT2D eigenvalue weighted by atomic mass is 10.1. The second kappa shape index (κ2) is 7.79. The standard InChI is InChI=1S/C15H24N2O2/c1-4-11(3)19-14-8-6-7-13(10-14)17-15(18)9-12(16)5-2/h6-8,10-12H,4-5,9,16H2,1-3H3,(H,17,18). The van der Waals surface area contributed by atoms with Gasteiger partial charge in [0.15, 0.2) is 0 Å². The summed E-state index contributed by atoms with van der Waals surface area (Å²) < 4.78 is 5.71. The number of rotatable bonds is 7. The zero-order valence-electron chi connectivity index (χ0n) is 12.0. The number of hydrogen-bond donors (Lipinski definition) is 2. The fourth-order valence-corrected chi connectivity index (χ4v) is 1.56. The van der Waals surface area contributed by atoms with Crippen molar-refractivity contribution in [2.24, 2.45) is 5.73 Å². The fourth-order valence-electron chi connectivity index (χ4n) is 1.56. The van der Waals surface area contributed by atoms with Crippen LogP contribution in [0, 0.1) is 0 Å². The molecule has 106 valence electrons. The summed E-state index contributed by atoms with van der Waals surface area (Å²) in [6.45, 7) is 6.06. The minimum Gasteiger partial charge on any atom is -0.491 e. The number of carbonyl (C=O) groups excluding carboxylic acids is 1. The Morgan fingerprint density at radius 1 is 1.37 bits per heavy atom. The summed E-state index contributed by atoms with van der Waals surface area (Å²) in [4.78, 5) is 11.7. The molecule has 2 atom stereocenters. The Labute approximate surface area is 115 Å². The molecule has 19 heavy (non-hydrogen) atoms. The van der Waals surface area contributed by atoms with E-state index in [1.807, 2.05) is 38.1 Å². The monoisotopic (exact) mass is 264 g/mol. The van der Waals surface area contributed by atoms with Crippen LogP contribution in [0.5, 0.6) is 5.75 Å². The molecule has 1 rings (SSSR count). The van der Waals surface area contributed by atoms with Crippen molar-refractivity contribution in [3.05, 3.63) is 24.3 Å². The van der Waals surface area contributed by atoms with Gasteiger partial charge in [0, 0.05) is 24.2 Å². The van der Waals surface area contributed by atoms with E-state index in [1.165, 1.54) is 0 Å². The van der Waals surface area contributed by atoms with Gasteiger partial charge in [-0.25, -0.2) is 0 Å². The van der Waals surface area contributed by atoms with Gasteiger partial charge in [-0.05, 0) is 31.9 Å². The van der Waals surface area contributed by atoms with Crippen molar-refractivity contribution in [3.63, 3.8) is 0 Å². The predicted octanol–water partition coefficient (Wildman–Crippen LogP) is 2.93. The molecule has 1 aromatic rings. The van der Waals surface area contributed by atoms with Gasteiger partial charge in [0.1, 0.15) is 5.75 Å². The number of nitrogens with one attached hydrogen (secondary N) is 1. The van der Waals surface area contributed by atoms with Crippen LogP contribution in [-0.4, -0.2) is 18.1 Å². The largest absolute Gasteiger partial charge is 0.491 e. The van der Waals surface area contributed by atoms with Gasteiger partial charge in [0.05, 0.1) is 6.10 Å². The molecule has 0 radical (unpaired) electrons. The van der Waals surface area contributed by atoms with Crippen LogP contribution in [0.3, 0.4) is 0 Å².